The lowest BCUT2D eigenvalue weighted by Crippen LogP contribution is -2.35. The van der Waals surface area contributed by atoms with Gasteiger partial charge < -0.3 is 14.8 Å². The number of hydrogen-bond acceptors (Lipinski definition) is 5. The molecule has 0 radical (unpaired) electrons. The Morgan fingerprint density at radius 2 is 2.09 bits per heavy atom. The summed E-state index contributed by atoms with van der Waals surface area (Å²) in [6.07, 6.45) is 0.752. The molecule has 0 aliphatic heterocycles. The van der Waals surface area contributed by atoms with E-state index in [0.29, 0.717) is 25.3 Å². The molecular weight excluding hydrogens is 296 g/mol. The first-order chi connectivity index (χ1) is 11.0. The van der Waals surface area contributed by atoms with Crippen molar-refractivity contribution in [2.75, 3.05) is 20.3 Å². The predicted octanol–water partition coefficient (Wildman–Crippen LogP) is 1.95. The molecule has 23 heavy (non-hydrogen) atoms. The van der Waals surface area contributed by atoms with Crippen LogP contribution in [0.2, 0.25) is 0 Å². The van der Waals surface area contributed by atoms with Crippen LogP contribution in [0.15, 0.2) is 24.3 Å². The summed E-state index contributed by atoms with van der Waals surface area (Å²) in [5.74, 6) is -2.00. The summed E-state index contributed by atoms with van der Waals surface area (Å²) in [5.41, 5.74) is 0.272. The van der Waals surface area contributed by atoms with E-state index in [1.54, 1.807) is 24.3 Å². The van der Waals surface area contributed by atoms with Gasteiger partial charge in [-0.1, -0.05) is 12.1 Å². The second-order valence-electron chi connectivity index (χ2n) is 5.22. The smallest absolute Gasteiger partial charge is 0.245 e. The number of amides is 1. The molecule has 0 aromatic heterocycles. The highest BCUT2D eigenvalue weighted by Gasteiger charge is 2.27. The topological polar surface area (TPSA) is 88.4 Å². The first-order valence-electron chi connectivity index (χ1n) is 7.46. The Labute approximate surface area is 136 Å². The van der Waals surface area contributed by atoms with Crippen molar-refractivity contribution in [2.24, 2.45) is 5.92 Å². The summed E-state index contributed by atoms with van der Waals surface area (Å²) in [6, 6.07) is 8.16. The van der Waals surface area contributed by atoms with Crippen LogP contribution in [0.1, 0.15) is 30.6 Å². The lowest BCUT2D eigenvalue weighted by atomic mass is 9.98. The van der Waals surface area contributed by atoms with Gasteiger partial charge in [0.15, 0.2) is 11.7 Å². The third-order valence-electron chi connectivity index (χ3n) is 3.08. The number of benzene rings is 1. The minimum absolute atomic E-state index is 0.132. The number of nitriles is 1. The SMILES string of the molecule is COc1cccc(C(=O)C(C#N)C(=O)NCCCOC(C)C)c1. The summed E-state index contributed by atoms with van der Waals surface area (Å²) in [6.45, 7) is 4.72. The van der Waals surface area contributed by atoms with Crippen molar-refractivity contribution in [2.45, 2.75) is 26.4 Å². The maximum atomic E-state index is 12.3. The maximum absolute atomic E-state index is 12.3. The van der Waals surface area contributed by atoms with Crippen molar-refractivity contribution in [3.63, 3.8) is 0 Å². The summed E-state index contributed by atoms with van der Waals surface area (Å²) < 4.78 is 10.4. The van der Waals surface area contributed by atoms with Crippen molar-refractivity contribution in [3.8, 4) is 11.8 Å². The molecule has 0 spiro atoms. The normalized spacial score (nSPS) is 11.6. The molecule has 1 unspecified atom stereocenters. The van der Waals surface area contributed by atoms with Crippen molar-refractivity contribution in [3.05, 3.63) is 29.8 Å². The van der Waals surface area contributed by atoms with Crippen molar-refractivity contribution in [1.82, 2.24) is 5.32 Å². The number of hydrogen-bond donors (Lipinski definition) is 1. The van der Waals surface area contributed by atoms with Crippen LogP contribution in [0.25, 0.3) is 0 Å². The Morgan fingerprint density at radius 1 is 1.35 bits per heavy atom. The minimum atomic E-state index is -1.37. The zero-order valence-electron chi connectivity index (χ0n) is 13.7. The first-order valence-corrected chi connectivity index (χ1v) is 7.46. The van der Waals surface area contributed by atoms with Crippen LogP contribution in [-0.2, 0) is 9.53 Å². The van der Waals surface area contributed by atoms with E-state index in [1.165, 1.54) is 13.2 Å². The standard InChI is InChI=1S/C17H22N2O4/c1-12(2)23-9-5-8-19-17(21)15(11-18)16(20)13-6-4-7-14(10-13)22-3/h4,6-7,10,12,15H,5,8-9H2,1-3H3,(H,19,21). The van der Waals surface area contributed by atoms with Crippen LogP contribution in [0.5, 0.6) is 5.75 Å². The molecule has 0 saturated carbocycles. The molecular formula is C17H22N2O4. The van der Waals surface area contributed by atoms with Crippen LogP contribution in [0, 0.1) is 17.2 Å². The number of methoxy groups -OCH3 is 1. The number of nitrogens with zero attached hydrogens (tertiary/aromatic N) is 1. The quantitative estimate of drug-likeness (QED) is 0.427. The molecule has 1 atom stereocenters. The van der Waals surface area contributed by atoms with E-state index in [-0.39, 0.29) is 11.7 Å². The molecule has 1 aromatic rings. The second-order valence-corrected chi connectivity index (χ2v) is 5.22. The molecule has 1 aromatic carbocycles. The number of ketones is 1. The number of rotatable bonds is 9. The zero-order valence-corrected chi connectivity index (χ0v) is 13.7. The third kappa shape index (κ3) is 6.09. The summed E-state index contributed by atoms with van der Waals surface area (Å²) in [7, 11) is 1.48. The molecule has 0 bridgehead atoms. The largest absolute Gasteiger partial charge is 0.497 e. The number of nitrogens with one attached hydrogen (secondary N) is 1. The lowest BCUT2D eigenvalue weighted by molar-refractivity contribution is -0.122. The van der Waals surface area contributed by atoms with Gasteiger partial charge in [-0.25, -0.2) is 0 Å². The molecule has 6 heteroatoms. The monoisotopic (exact) mass is 318 g/mol. The van der Waals surface area contributed by atoms with Gasteiger partial charge in [0.05, 0.1) is 19.3 Å². The van der Waals surface area contributed by atoms with Gasteiger partial charge in [-0.05, 0) is 32.4 Å². The molecule has 6 nitrogen and oxygen atoms in total. The van der Waals surface area contributed by atoms with Crippen LogP contribution < -0.4 is 10.1 Å². The van der Waals surface area contributed by atoms with Crippen LogP contribution >= 0.6 is 0 Å². The van der Waals surface area contributed by atoms with Gasteiger partial charge in [-0.3, -0.25) is 9.59 Å². The number of carbonyl (C=O) groups excluding carboxylic acids is 2. The van der Waals surface area contributed by atoms with Gasteiger partial charge >= 0.3 is 0 Å². The van der Waals surface area contributed by atoms with E-state index < -0.39 is 17.6 Å². The molecule has 0 aliphatic carbocycles. The van der Waals surface area contributed by atoms with E-state index in [0.717, 1.165) is 0 Å². The Bertz CT molecular complexity index is 578. The fourth-order valence-corrected chi connectivity index (χ4v) is 1.88. The fourth-order valence-electron chi connectivity index (χ4n) is 1.88. The molecule has 0 saturated heterocycles. The van der Waals surface area contributed by atoms with Crippen molar-refractivity contribution >= 4 is 11.7 Å². The van der Waals surface area contributed by atoms with Gasteiger partial charge in [-0.2, -0.15) is 5.26 Å². The second kappa shape index (κ2) is 9.59. The van der Waals surface area contributed by atoms with E-state index >= 15 is 0 Å². The lowest BCUT2D eigenvalue weighted by Gasteiger charge is -2.11. The Morgan fingerprint density at radius 3 is 2.70 bits per heavy atom. The van der Waals surface area contributed by atoms with Crippen LogP contribution in [0.4, 0.5) is 0 Å². The predicted molar refractivity (Wildman–Crippen MR) is 85.1 cm³/mol. The summed E-state index contributed by atoms with van der Waals surface area (Å²) in [5, 5.41) is 11.7. The highest BCUT2D eigenvalue weighted by molar-refractivity contribution is 6.12. The van der Waals surface area contributed by atoms with E-state index in [1.807, 2.05) is 13.8 Å². The molecule has 0 fully saturated rings. The van der Waals surface area contributed by atoms with Gasteiger partial charge in [0, 0.05) is 18.7 Å². The zero-order chi connectivity index (χ0) is 17.2. The Balaban J connectivity index is 2.59. The van der Waals surface area contributed by atoms with E-state index in [2.05, 4.69) is 5.32 Å². The Kier molecular flexibility index (Phi) is 7.78. The molecule has 0 aliphatic rings. The van der Waals surface area contributed by atoms with Crippen molar-refractivity contribution < 1.29 is 19.1 Å². The number of carbonyl (C=O) groups is 2. The third-order valence-corrected chi connectivity index (χ3v) is 3.08. The fraction of sp³-hybridized carbons (Fsp3) is 0.471. The highest BCUT2D eigenvalue weighted by atomic mass is 16.5. The van der Waals surface area contributed by atoms with Gasteiger partial charge in [0.2, 0.25) is 5.91 Å². The molecule has 1 amide bonds. The first kappa shape index (κ1) is 18.7. The van der Waals surface area contributed by atoms with Gasteiger partial charge in [0.1, 0.15) is 5.75 Å². The highest BCUT2D eigenvalue weighted by Crippen LogP contribution is 2.16. The molecule has 124 valence electrons. The van der Waals surface area contributed by atoms with Gasteiger partial charge in [-0.15, -0.1) is 0 Å². The summed E-state index contributed by atoms with van der Waals surface area (Å²) in [4.78, 5) is 24.3. The summed E-state index contributed by atoms with van der Waals surface area (Å²) >= 11 is 0. The molecule has 0 heterocycles. The average molecular weight is 318 g/mol. The molecule has 1 rings (SSSR count). The maximum Gasteiger partial charge on any atom is 0.245 e. The average Bonchev–Trinajstić information content (AvgIpc) is 2.54. The van der Waals surface area contributed by atoms with Crippen LogP contribution in [0.3, 0.4) is 0 Å². The Hall–Kier alpha value is -2.39. The van der Waals surface area contributed by atoms with Gasteiger partial charge in [0.25, 0.3) is 0 Å². The number of Topliss-reactive ketones (excluding diaryl/α,β-unsaturated/α-hetero) is 1. The van der Waals surface area contributed by atoms with E-state index in [9.17, 15) is 9.59 Å². The minimum Gasteiger partial charge on any atom is -0.497 e. The van der Waals surface area contributed by atoms with E-state index in [4.69, 9.17) is 14.7 Å². The molecule has 1 N–H and O–H groups in total. The van der Waals surface area contributed by atoms with Crippen LogP contribution in [-0.4, -0.2) is 38.1 Å². The van der Waals surface area contributed by atoms with Crippen molar-refractivity contribution in [1.29, 1.82) is 5.26 Å². The number of ether oxygens (including phenoxy) is 2.